The number of likely N-dealkylation sites (tertiary alicyclic amines) is 1. The lowest BCUT2D eigenvalue weighted by atomic mass is 10.1. The van der Waals surface area contributed by atoms with Gasteiger partial charge < -0.3 is 9.80 Å². The quantitative estimate of drug-likeness (QED) is 0.766. The van der Waals surface area contributed by atoms with Crippen molar-refractivity contribution in [2.24, 2.45) is 0 Å². The van der Waals surface area contributed by atoms with Crippen molar-refractivity contribution in [2.45, 2.75) is 17.7 Å². The molecule has 1 fully saturated rings. The highest BCUT2D eigenvalue weighted by Gasteiger charge is 2.39. The van der Waals surface area contributed by atoms with Crippen LogP contribution in [0.1, 0.15) is 18.0 Å². The molecule has 1 amide bonds. The van der Waals surface area contributed by atoms with E-state index in [0.717, 1.165) is 5.56 Å². The van der Waals surface area contributed by atoms with Gasteiger partial charge in [-0.25, -0.2) is 0 Å². The van der Waals surface area contributed by atoms with Gasteiger partial charge in [0.25, 0.3) is 0 Å². The number of nitrogens with zero attached hydrogens (tertiary/aromatic N) is 2. The van der Waals surface area contributed by atoms with Crippen LogP contribution >= 0.6 is 0 Å². The summed E-state index contributed by atoms with van der Waals surface area (Å²) < 4.78 is 35.0. The summed E-state index contributed by atoms with van der Waals surface area (Å²) in [5.41, 5.74) is 1.03. The molecule has 0 saturated carbocycles. The predicted molar refractivity (Wildman–Crippen MR) is 77.9 cm³/mol. The Labute approximate surface area is 124 Å². The molecule has 0 bridgehead atoms. The van der Waals surface area contributed by atoms with Gasteiger partial charge in [0.15, 0.2) is 0 Å². The van der Waals surface area contributed by atoms with Crippen LogP contribution in [-0.2, 0) is 15.0 Å². The summed E-state index contributed by atoms with van der Waals surface area (Å²) in [5, 5.41) is -1.23. The fourth-order valence-electron chi connectivity index (χ4n) is 2.55. The van der Waals surface area contributed by atoms with Crippen molar-refractivity contribution in [1.29, 1.82) is 0 Å². The van der Waals surface area contributed by atoms with Crippen molar-refractivity contribution in [3.05, 3.63) is 35.9 Å². The summed E-state index contributed by atoms with van der Waals surface area (Å²) in [6.07, 6.45) is -0.270. The molecule has 1 aliphatic heterocycles. The van der Waals surface area contributed by atoms with Crippen LogP contribution < -0.4 is 0 Å². The van der Waals surface area contributed by atoms with Crippen molar-refractivity contribution in [2.75, 3.05) is 27.2 Å². The summed E-state index contributed by atoms with van der Waals surface area (Å²) >= 11 is 0. The third-order valence-electron chi connectivity index (χ3n) is 3.78. The molecule has 1 aliphatic rings. The number of amides is 1. The van der Waals surface area contributed by atoms with E-state index in [1.807, 2.05) is 49.3 Å². The number of hydrogen-bond acceptors (Lipinski definition) is 4. The molecule has 1 heterocycles. The van der Waals surface area contributed by atoms with Crippen LogP contribution in [0.5, 0.6) is 0 Å². The number of rotatable bonds is 5. The van der Waals surface area contributed by atoms with Gasteiger partial charge in [0.2, 0.25) is 5.91 Å². The van der Waals surface area contributed by atoms with E-state index in [-0.39, 0.29) is 24.9 Å². The first kappa shape index (κ1) is 15.9. The lowest BCUT2D eigenvalue weighted by Gasteiger charge is -2.29. The topological polar surface area (TPSA) is 57.7 Å². The number of likely N-dealkylation sites (N-methyl/N-ethyl adjacent to an activating group) is 1. The number of benzene rings is 1. The molecule has 7 heteroatoms. The van der Waals surface area contributed by atoms with Crippen molar-refractivity contribution in [1.82, 2.24) is 9.80 Å². The molecule has 1 aromatic carbocycles. The van der Waals surface area contributed by atoms with Gasteiger partial charge in [-0.15, -0.1) is 3.89 Å². The van der Waals surface area contributed by atoms with Crippen molar-refractivity contribution < 1.29 is 17.1 Å². The zero-order chi connectivity index (χ0) is 15.6. The molecule has 1 saturated heterocycles. The van der Waals surface area contributed by atoms with Crippen LogP contribution in [0.2, 0.25) is 0 Å². The van der Waals surface area contributed by atoms with Gasteiger partial charge in [-0.3, -0.25) is 4.79 Å². The lowest BCUT2D eigenvalue weighted by Crippen LogP contribution is -2.36. The Morgan fingerprint density at radius 1 is 1.33 bits per heavy atom. The zero-order valence-electron chi connectivity index (χ0n) is 12.1. The summed E-state index contributed by atoms with van der Waals surface area (Å²) in [7, 11) is -0.884. The van der Waals surface area contributed by atoms with Gasteiger partial charge in [-0.1, -0.05) is 30.3 Å². The summed E-state index contributed by atoms with van der Waals surface area (Å²) in [5.74, 6) is -0.316. The Balaban J connectivity index is 2.14. The van der Waals surface area contributed by atoms with E-state index >= 15 is 0 Å². The predicted octanol–water partition coefficient (Wildman–Crippen LogP) is 1.19. The molecule has 2 unspecified atom stereocenters. The molecular weight excluding hydrogens is 295 g/mol. The summed E-state index contributed by atoms with van der Waals surface area (Å²) in [6, 6.07) is 9.57. The maximum Gasteiger partial charge on any atom is 0.307 e. The Bertz CT molecular complexity index is 604. The largest absolute Gasteiger partial charge is 0.339 e. The fourth-order valence-corrected chi connectivity index (χ4v) is 3.25. The van der Waals surface area contributed by atoms with E-state index in [9.17, 15) is 17.1 Å². The van der Waals surface area contributed by atoms with Gasteiger partial charge >= 0.3 is 10.2 Å². The second-order valence-corrected chi connectivity index (χ2v) is 7.11. The maximum absolute atomic E-state index is 13.0. The average Bonchev–Trinajstić information content (AvgIpc) is 2.78. The van der Waals surface area contributed by atoms with Crippen LogP contribution in [0.4, 0.5) is 3.89 Å². The third kappa shape index (κ3) is 3.79. The van der Waals surface area contributed by atoms with Crippen LogP contribution in [0.15, 0.2) is 30.3 Å². The smallest absolute Gasteiger partial charge is 0.307 e. The SMILES string of the molecule is CN(C)C(CN1CC(S(=O)(=O)F)CC1=O)c1ccccc1. The molecule has 0 aliphatic carbocycles. The Kier molecular flexibility index (Phi) is 4.63. The van der Waals surface area contributed by atoms with E-state index in [1.54, 1.807) is 0 Å². The molecule has 5 nitrogen and oxygen atoms in total. The number of halogens is 1. The molecule has 1 aromatic rings. The van der Waals surface area contributed by atoms with E-state index in [2.05, 4.69) is 0 Å². The minimum Gasteiger partial charge on any atom is -0.339 e. The molecule has 116 valence electrons. The molecule has 21 heavy (non-hydrogen) atoms. The first-order valence-corrected chi connectivity index (χ1v) is 8.16. The van der Waals surface area contributed by atoms with Gasteiger partial charge in [0.05, 0.1) is 6.04 Å². The minimum atomic E-state index is -4.67. The summed E-state index contributed by atoms with van der Waals surface area (Å²) in [6.45, 7) is 0.275. The van der Waals surface area contributed by atoms with Crippen LogP contribution in [0.3, 0.4) is 0 Å². The summed E-state index contributed by atoms with van der Waals surface area (Å²) in [4.78, 5) is 15.3. The highest BCUT2D eigenvalue weighted by atomic mass is 32.3. The molecule has 0 radical (unpaired) electrons. The van der Waals surface area contributed by atoms with Crippen LogP contribution in [-0.4, -0.2) is 56.6 Å². The van der Waals surface area contributed by atoms with Gasteiger partial charge in [0, 0.05) is 19.5 Å². The van der Waals surface area contributed by atoms with E-state index in [4.69, 9.17) is 0 Å². The standard InChI is InChI=1S/C14H19FN2O3S/c1-16(2)13(11-6-4-3-5-7-11)10-17-9-12(8-14(17)18)21(15,19)20/h3-7,12-13H,8-10H2,1-2H3. The second-order valence-electron chi connectivity index (χ2n) is 5.49. The maximum atomic E-state index is 13.0. The Hall–Kier alpha value is -1.47. The van der Waals surface area contributed by atoms with Gasteiger partial charge in [-0.05, 0) is 19.7 Å². The monoisotopic (exact) mass is 314 g/mol. The van der Waals surface area contributed by atoms with Crippen LogP contribution in [0.25, 0.3) is 0 Å². The zero-order valence-corrected chi connectivity index (χ0v) is 12.9. The van der Waals surface area contributed by atoms with E-state index in [1.165, 1.54) is 4.90 Å². The lowest BCUT2D eigenvalue weighted by molar-refractivity contribution is -0.128. The third-order valence-corrected chi connectivity index (χ3v) is 4.89. The van der Waals surface area contributed by atoms with E-state index in [0.29, 0.717) is 6.54 Å². The highest BCUT2D eigenvalue weighted by Crippen LogP contribution is 2.25. The molecular formula is C14H19FN2O3S. The number of carbonyl (C=O) groups is 1. The van der Waals surface area contributed by atoms with Crippen LogP contribution in [0, 0.1) is 0 Å². The molecule has 0 spiro atoms. The second kappa shape index (κ2) is 6.11. The fraction of sp³-hybridized carbons (Fsp3) is 0.500. The van der Waals surface area contributed by atoms with Gasteiger partial charge in [0.1, 0.15) is 5.25 Å². The van der Waals surface area contributed by atoms with Gasteiger partial charge in [-0.2, -0.15) is 8.42 Å². The molecule has 0 N–H and O–H groups in total. The highest BCUT2D eigenvalue weighted by molar-refractivity contribution is 7.87. The first-order valence-electron chi connectivity index (χ1n) is 6.71. The normalized spacial score (nSPS) is 21.0. The Morgan fingerprint density at radius 3 is 2.43 bits per heavy atom. The van der Waals surface area contributed by atoms with Crippen molar-refractivity contribution in [3.63, 3.8) is 0 Å². The number of carbonyl (C=O) groups excluding carboxylic acids is 1. The van der Waals surface area contributed by atoms with Crippen molar-refractivity contribution >= 4 is 16.1 Å². The average molecular weight is 314 g/mol. The number of hydrogen-bond donors (Lipinski definition) is 0. The van der Waals surface area contributed by atoms with Crippen molar-refractivity contribution in [3.8, 4) is 0 Å². The molecule has 2 atom stereocenters. The minimum absolute atomic E-state index is 0.0591. The first-order chi connectivity index (χ1) is 9.79. The Morgan fingerprint density at radius 2 is 1.95 bits per heavy atom. The molecule has 2 rings (SSSR count). The molecule has 0 aromatic heterocycles. The van der Waals surface area contributed by atoms with E-state index < -0.39 is 15.5 Å².